The van der Waals surface area contributed by atoms with Crippen LogP contribution in [0.3, 0.4) is 0 Å². The van der Waals surface area contributed by atoms with Crippen molar-refractivity contribution >= 4 is 51.1 Å². The van der Waals surface area contributed by atoms with Crippen LogP contribution in [0.2, 0.25) is 5.02 Å². The highest BCUT2D eigenvalue weighted by Gasteiger charge is 2.28. The average Bonchev–Trinajstić information content (AvgIpc) is 3.22. The van der Waals surface area contributed by atoms with Crippen LogP contribution >= 0.6 is 35.1 Å². The standard InChI is InChI=1S/C18H21ClN4S2/c1-2-3-4-14-8-20-17(21-14)24-10-15-11-25-18-22-16-6-5-13(19)7-12(16)9-23(15)18/h5-7,11,14H,2-4,8-10H2,1H3,(H,20,21). The molecule has 0 spiro atoms. The van der Waals surface area contributed by atoms with Crippen molar-refractivity contribution in [3.05, 3.63) is 39.9 Å². The molecule has 1 unspecified atom stereocenters. The van der Waals surface area contributed by atoms with Gasteiger partial charge in [0.05, 0.1) is 18.8 Å². The number of hydrogen-bond acceptors (Lipinski definition) is 6. The Morgan fingerprint density at radius 1 is 1.44 bits per heavy atom. The largest absolute Gasteiger partial charge is 0.360 e. The second kappa shape index (κ2) is 7.64. The van der Waals surface area contributed by atoms with E-state index in [1.807, 2.05) is 18.2 Å². The molecule has 1 atom stereocenters. The molecule has 4 rings (SSSR count). The molecule has 1 N–H and O–H groups in total. The van der Waals surface area contributed by atoms with Crippen LogP contribution < -0.4 is 5.32 Å². The number of benzene rings is 1. The molecule has 7 heteroatoms. The van der Waals surface area contributed by atoms with E-state index >= 15 is 0 Å². The number of amidine groups is 2. The van der Waals surface area contributed by atoms with E-state index in [1.54, 1.807) is 23.5 Å². The van der Waals surface area contributed by atoms with E-state index in [1.165, 1.54) is 30.5 Å². The minimum atomic E-state index is 0.524. The van der Waals surface area contributed by atoms with Crippen molar-refractivity contribution in [1.29, 1.82) is 0 Å². The van der Waals surface area contributed by atoms with E-state index in [-0.39, 0.29) is 0 Å². The van der Waals surface area contributed by atoms with Gasteiger partial charge < -0.3 is 10.2 Å². The van der Waals surface area contributed by atoms with E-state index in [0.717, 1.165) is 39.9 Å². The summed E-state index contributed by atoms with van der Waals surface area (Å²) in [5.41, 5.74) is 3.51. The summed E-state index contributed by atoms with van der Waals surface area (Å²) < 4.78 is 0. The Bertz CT molecular complexity index is 759. The molecule has 0 aromatic heterocycles. The molecule has 4 nitrogen and oxygen atoms in total. The Morgan fingerprint density at radius 3 is 3.24 bits per heavy atom. The quantitative estimate of drug-likeness (QED) is 0.766. The van der Waals surface area contributed by atoms with Crippen LogP contribution in [-0.4, -0.2) is 33.6 Å². The van der Waals surface area contributed by atoms with Gasteiger partial charge in [-0.15, -0.1) is 0 Å². The topological polar surface area (TPSA) is 40.0 Å². The molecule has 25 heavy (non-hydrogen) atoms. The monoisotopic (exact) mass is 392 g/mol. The smallest absolute Gasteiger partial charge is 0.173 e. The Balaban J connectivity index is 1.35. The Labute approximate surface area is 162 Å². The maximum atomic E-state index is 6.14. The number of aliphatic imine (C=N–C) groups is 2. The highest BCUT2D eigenvalue weighted by molar-refractivity contribution is 8.17. The first kappa shape index (κ1) is 17.3. The third-order valence-electron chi connectivity index (χ3n) is 4.51. The van der Waals surface area contributed by atoms with Gasteiger partial charge in [-0.1, -0.05) is 54.9 Å². The Hall–Kier alpha value is -1.11. The first-order valence-corrected chi connectivity index (χ1v) is 10.9. The molecule has 132 valence electrons. The predicted octanol–water partition coefficient (Wildman–Crippen LogP) is 4.98. The van der Waals surface area contributed by atoms with Gasteiger partial charge in [-0.2, -0.15) is 0 Å². The summed E-state index contributed by atoms with van der Waals surface area (Å²) in [7, 11) is 0. The van der Waals surface area contributed by atoms with Crippen LogP contribution in [0.15, 0.2) is 39.3 Å². The van der Waals surface area contributed by atoms with E-state index in [0.29, 0.717) is 6.04 Å². The molecule has 1 aromatic rings. The van der Waals surface area contributed by atoms with Crippen LogP contribution in [0.4, 0.5) is 5.69 Å². The van der Waals surface area contributed by atoms with E-state index < -0.39 is 0 Å². The Kier molecular flexibility index (Phi) is 5.29. The van der Waals surface area contributed by atoms with Gasteiger partial charge in [0.15, 0.2) is 10.3 Å². The molecule has 3 heterocycles. The van der Waals surface area contributed by atoms with Crippen molar-refractivity contribution in [2.45, 2.75) is 38.8 Å². The zero-order chi connectivity index (χ0) is 17.2. The summed E-state index contributed by atoms with van der Waals surface area (Å²) in [6.07, 6.45) is 3.72. The fourth-order valence-corrected chi connectivity index (χ4v) is 5.26. The number of hydrogen-bond donors (Lipinski definition) is 1. The zero-order valence-corrected chi connectivity index (χ0v) is 16.6. The van der Waals surface area contributed by atoms with Crippen LogP contribution in [0.1, 0.15) is 31.7 Å². The summed E-state index contributed by atoms with van der Waals surface area (Å²) >= 11 is 9.63. The summed E-state index contributed by atoms with van der Waals surface area (Å²) in [6, 6.07) is 6.45. The average molecular weight is 393 g/mol. The summed E-state index contributed by atoms with van der Waals surface area (Å²) in [4.78, 5) is 11.7. The van der Waals surface area contributed by atoms with Gasteiger partial charge in [0.1, 0.15) is 0 Å². The lowest BCUT2D eigenvalue weighted by atomic mass is 10.1. The Morgan fingerprint density at radius 2 is 2.36 bits per heavy atom. The van der Waals surface area contributed by atoms with E-state index in [9.17, 15) is 0 Å². The maximum absolute atomic E-state index is 6.14. The maximum Gasteiger partial charge on any atom is 0.173 e. The third kappa shape index (κ3) is 3.86. The van der Waals surface area contributed by atoms with E-state index in [2.05, 4.69) is 27.5 Å². The number of fused-ring (bicyclic) bond motifs is 2. The number of unbranched alkanes of at least 4 members (excludes halogenated alkanes) is 1. The lowest BCUT2D eigenvalue weighted by molar-refractivity contribution is 0.519. The minimum Gasteiger partial charge on any atom is -0.360 e. The molecular formula is C18H21ClN4S2. The van der Waals surface area contributed by atoms with Gasteiger partial charge >= 0.3 is 0 Å². The second-order valence-electron chi connectivity index (χ2n) is 6.40. The predicted molar refractivity (Wildman–Crippen MR) is 111 cm³/mol. The lowest BCUT2D eigenvalue weighted by Crippen LogP contribution is -2.30. The summed E-state index contributed by atoms with van der Waals surface area (Å²) in [5.74, 6) is 0.911. The fourth-order valence-electron chi connectivity index (χ4n) is 3.10. The van der Waals surface area contributed by atoms with Crippen molar-refractivity contribution in [2.75, 3.05) is 12.3 Å². The number of halogens is 1. The minimum absolute atomic E-state index is 0.524. The van der Waals surface area contributed by atoms with Gasteiger partial charge in [-0.3, -0.25) is 4.99 Å². The third-order valence-corrected chi connectivity index (χ3v) is 6.62. The number of nitrogens with one attached hydrogen (secondary N) is 1. The van der Waals surface area contributed by atoms with Crippen molar-refractivity contribution in [2.24, 2.45) is 9.98 Å². The van der Waals surface area contributed by atoms with Crippen molar-refractivity contribution in [3.8, 4) is 0 Å². The molecule has 3 aliphatic heterocycles. The zero-order valence-electron chi connectivity index (χ0n) is 14.2. The number of nitrogens with zero attached hydrogens (tertiary/aromatic N) is 3. The van der Waals surface area contributed by atoms with E-state index in [4.69, 9.17) is 16.6 Å². The fraction of sp³-hybridized carbons (Fsp3) is 0.444. The van der Waals surface area contributed by atoms with Gasteiger partial charge in [0.2, 0.25) is 0 Å². The van der Waals surface area contributed by atoms with Crippen LogP contribution in [-0.2, 0) is 6.54 Å². The first-order chi connectivity index (χ1) is 12.2. The van der Waals surface area contributed by atoms with Crippen LogP contribution in [0.5, 0.6) is 0 Å². The number of thioether (sulfide) groups is 2. The molecule has 0 radical (unpaired) electrons. The van der Waals surface area contributed by atoms with Gasteiger partial charge in [0.25, 0.3) is 0 Å². The van der Waals surface area contributed by atoms with Gasteiger partial charge in [0, 0.05) is 22.5 Å². The molecule has 0 aliphatic carbocycles. The normalized spacial score (nSPS) is 21.3. The molecule has 0 saturated carbocycles. The van der Waals surface area contributed by atoms with Crippen LogP contribution in [0.25, 0.3) is 0 Å². The van der Waals surface area contributed by atoms with Crippen LogP contribution in [0, 0.1) is 0 Å². The summed E-state index contributed by atoms with van der Waals surface area (Å²) in [6.45, 7) is 3.99. The molecule has 0 bridgehead atoms. The molecule has 1 aromatic carbocycles. The molecule has 0 amide bonds. The van der Waals surface area contributed by atoms with Gasteiger partial charge in [-0.05, 0) is 35.6 Å². The highest BCUT2D eigenvalue weighted by Crippen LogP contribution is 2.38. The lowest BCUT2D eigenvalue weighted by Gasteiger charge is -2.27. The molecule has 0 fully saturated rings. The van der Waals surface area contributed by atoms with Gasteiger partial charge in [-0.25, -0.2) is 4.99 Å². The van der Waals surface area contributed by atoms with Crippen molar-refractivity contribution < 1.29 is 0 Å². The SMILES string of the molecule is CCCCC1CN=C(SCC2=CSC3=Nc4ccc(Cl)cc4CN23)N1. The molecule has 0 saturated heterocycles. The summed E-state index contributed by atoms with van der Waals surface area (Å²) in [5, 5.41) is 8.68. The highest BCUT2D eigenvalue weighted by atomic mass is 35.5. The molecule has 3 aliphatic rings. The number of rotatable bonds is 5. The molecular weight excluding hydrogens is 372 g/mol. The first-order valence-electron chi connectivity index (χ1n) is 8.67. The second-order valence-corrected chi connectivity index (χ2v) is 8.64. The van der Waals surface area contributed by atoms with Crippen molar-refractivity contribution in [3.63, 3.8) is 0 Å². The van der Waals surface area contributed by atoms with Crippen molar-refractivity contribution in [1.82, 2.24) is 10.2 Å².